The zero-order valence-electron chi connectivity index (χ0n) is 11.6. The van der Waals surface area contributed by atoms with Crippen molar-refractivity contribution in [2.24, 2.45) is 17.8 Å². The summed E-state index contributed by atoms with van der Waals surface area (Å²) in [6.07, 6.45) is 8.26. The Labute approximate surface area is 107 Å². The molecule has 2 heteroatoms. The third kappa shape index (κ3) is 3.45. The second-order valence-electron chi connectivity index (χ2n) is 5.83. The molecule has 2 nitrogen and oxygen atoms in total. The van der Waals surface area contributed by atoms with E-state index in [0.29, 0.717) is 6.04 Å². The summed E-state index contributed by atoms with van der Waals surface area (Å²) < 4.78 is 5.79. The SMILES string of the molecule is CCCNC(COCCC)C1C2CCCCC21. The number of nitrogens with one attached hydrogen (secondary N) is 1. The van der Waals surface area contributed by atoms with Crippen LogP contribution in [-0.2, 0) is 4.74 Å². The van der Waals surface area contributed by atoms with Gasteiger partial charge in [0.25, 0.3) is 0 Å². The van der Waals surface area contributed by atoms with E-state index < -0.39 is 0 Å². The van der Waals surface area contributed by atoms with Crippen LogP contribution in [0, 0.1) is 17.8 Å². The van der Waals surface area contributed by atoms with Crippen molar-refractivity contribution in [3.8, 4) is 0 Å². The summed E-state index contributed by atoms with van der Waals surface area (Å²) in [5.74, 6) is 2.99. The van der Waals surface area contributed by atoms with Crippen LogP contribution in [0.25, 0.3) is 0 Å². The Morgan fingerprint density at radius 2 is 1.82 bits per heavy atom. The molecule has 1 N–H and O–H groups in total. The van der Waals surface area contributed by atoms with E-state index in [-0.39, 0.29) is 0 Å². The Kier molecular flexibility index (Phi) is 5.30. The van der Waals surface area contributed by atoms with Gasteiger partial charge in [0.2, 0.25) is 0 Å². The van der Waals surface area contributed by atoms with Gasteiger partial charge < -0.3 is 10.1 Å². The molecule has 2 aliphatic carbocycles. The van der Waals surface area contributed by atoms with Crippen LogP contribution in [0.1, 0.15) is 52.4 Å². The molecule has 2 saturated carbocycles. The standard InChI is InChI=1S/C15H29NO/c1-3-9-16-14(11-17-10-4-2)15-12-7-5-6-8-13(12)15/h12-16H,3-11H2,1-2H3. The van der Waals surface area contributed by atoms with E-state index in [1.807, 2.05) is 0 Å². The van der Waals surface area contributed by atoms with Crippen LogP contribution in [0.3, 0.4) is 0 Å². The Hall–Kier alpha value is -0.0800. The summed E-state index contributed by atoms with van der Waals surface area (Å²) in [5.41, 5.74) is 0. The molecule has 0 heterocycles. The van der Waals surface area contributed by atoms with Crippen LogP contribution >= 0.6 is 0 Å². The third-order valence-corrected chi connectivity index (χ3v) is 4.49. The Morgan fingerprint density at radius 1 is 1.12 bits per heavy atom. The van der Waals surface area contributed by atoms with Crippen LogP contribution in [0.4, 0.5) is 0 Å². The molecule has 0 saturated heterocycles. The van der Waals surface area contributed by atoms with Crippen molar-refractivity contribution in [1.29, 1.82) is 0 Å². The summed E-state index contributed by atoms with van der Waals surface area (Å²) in [6.45, 7) is 7.44. The van der Waals surface area contributed by atoms with Gasteiger partial charge in [-0.2, -0.15) is 0 Å². The predicted octanol–water partition coefficient (Wildman–Crippen LogP) is 3.22. The molecular weight excluding hydrogens is 210 g/mol. The topological polar surface area (TPSA) is 21.3 Å². The van der Waals surface area contributed by atoms with E-state index in [9.17, 15) is 0 Å². The maximum Gasteiger partial charge on any atom is 0.0622 e. The largest absolute Gasteiger partial charge is 0.380 e. The highest BCUT2D eigenvalue weighted by Gasteiger charge is 2.53. The van der Waals surface area contributed by atoms with E-state index in [1.54, 1.807) is 0 Å². The fourth-order valence-corrected chi connectivity index (χ4v) is 3.64. The number of fused-ring (bicyclic) bond motifs is 1. The molecule has 100 valence electrons. The Bertz CT molecular complexity index is 207. The molecule has 2 aliphatic rings. The van der Waals surface area contributed by atoms with Crippen LogP contribution in [0.5, 0.6) is 0 Å². The first-order valence-corrected chi connectivity index (χ1v) is 7.69. The molecule has 2 fully saturated rings. The number of hydrogen-bond donors (Lipinski definition) is 1. The monoisotopic (exact) mass is 239 g/mol. The van der Waals surface area contributed by atoms with E-state index in [1.165, 1.54) is 32.1 Å². The highest BCUT2D eigenvalue weighted by molar-refractivity contribution is 5.04. The van der Waals surface area contributed by atoms with Gasteiger partial charge in [-0.1, -0.05) is 26.7 Å². The Morgan fingerprint density at radius 3 is 2.41 bits per heavy atom. The average molecular weight is 239 g/mol. The second-order valence-corrected chi connectivity index (χ2v) is 5.83. The fourth-order valence-electron chi connectivity index (χ4n) is 3.64. The van der Waals surface area contributed by atoms with Crippen molar-refractivity contribution < 1.29 is 4.74 Å². The number of hydrogen-bond acceptors (Lipinski definition) is 2. The third-order valence-electron chi connectivity index (χ3n) is 4.49. The van der Waals surface area contributed by atoms with Crippen molar-refractivity contribution in [3.05, 3.63) is 0 Å². The average Bonchev–Trinajstić information content (AvgIpc) is 3.08. The molecule has 3 atom stereocenters. The van der Waals surface area contributed by atoms with Crippen molar-refractivity contribution in [2.45, 2.75) is 58.4 Å². The van der Waals surface area contributed by atoms with E-state index in [2.05, 4.69) is 19.2 Å². The molecular formula is C15H29NO. The lowest BCUT2D eigenvalue weighted by Gasteiger charge is -2.19. The summed E-state index contributed by atoms with van der Waals surface area (Å²) in [5, 5.41) is 3.72. The van der Waals surface area contributed by atoms with Crippen molar-refractivity contribution in [3.63, 3.8) is 0 Å². The van der Waals surface area contributed by atoms with Gasteiger partial charge in [-0.05, 0) is 50.0 Å². The maximum atomic E-state index is 5.79. The molecule has 0 spiro atoms. The first kappa shape index (κ1) is 13.4. The van der Waals surface area contributed by atoms with Crippen molar-refractivity contribution in [1.82, 2.24) is 5.32 Å². The van der Waals surface area contributed by atoms with Gasteiger partial charge in [0, 0.05) is 12.6 Å². The zero-order valence-corrected chi connectivity index (χ0v) is 11.6. The smallest absolute Gasteiger partial charge is 0.0622 e. The summed E-state index contributed by atoms with van der Waals surface area (Å²) in [6, 6.07) is 0.634. The van der Waals surface area contributed by atoms with Crippen LogP contribution in [0.2, 0.25) is 0 Å². The van der Waals surface area contributed by atoms with Crippen LogP contribution in [0.15, 0.2) is 0 Å². The molecule has 3 unspecified atom stereocenters. The minimum absolute atomic E-state index is 0.634. The minimum atomic E-state index is 0.634. The number of ether oxygens (including phenoxy) is 1. The lowest BCUT2D eigenvalue weighted by Crippen LogP contribution is -2.37. The lowest BCUT2D eigenvalue weighted by molar-refractivity contribution is 0.103. The van der Waals surface area contributed by atoms with Gasteiger partial charge >= 0.3 is 0 Å². The van der Waals surface area contributed by atoms with Crippen LogP contribution < -0.4 is 5.32 Å². The Balaban J connectivity index is 1.78. The highest BCUT2D eigenvalue weighted by atomic mass is 16.5. The maximum absolute atomic E-state index is 5.79. The fraction of sp³-hybridized carbons (Fsp3) is 1.00. The van der Waals surface area contributed by atoms with Crippen LogP contribution in [-0.4, -0.2) is 25.8 Å². The number of rotatable bonds is 8. The zero-order chi connectivity index (χ0) is 12.1. The molecule has 0 radical (unpaired) electrons. The van der Waals surface area contributed by atoms with E-state index in [4.69, 9.17) is 4.74 Å². The second kappa shape index (κ2) is 6.75. The first-order chi connectivity index (χ1) is 8.38. The lowest BCUT2D eigenvalue weighted by atomic mass is 10.0. The van der Waals surface area contributed by atoms with Gasteiger partial charge in [-0.25, -0.2) is 0 Å². The van der Waals surface area contributed by atoms with Gasteiger partial charge in [0.05, 0.1) is 6.61 Å². The molecule has 0 amide bonds. The summed E-state index contributed by atoms with van der Waals surface area (Å²) in [7, 11) is 0. The summed E-state index contributed by atoms with van der Waals surface area (Å²) in [4.78, 5) is 0. The van der Waals surface area contributed by atoms with Gasteiger partial charge in [-0.3, -0.25) is 0 Å². The van der Waals surface area contributed by atoms with E-state index in [0.717, 1.165) is 43.9 Å². The van der Waals surface area contributed by atoms with E-state index >= 15 is 0 Å². The van der Waals surface area contributed by atoms with Crippen molar-refractivity contribution in [2.75, 3.05) is 19.8 Å². The molecule has 0 aromatic carbocycles. The molecule has 0 aromatic rings. The molecule has 0 aromatic heterocycles. The van der Waals surface area contributed by atoms with Gasteiger partial charge in [-0.15, -0.1) is 0 Å². The highest BCUT2D eigenvalue weighted by Crippen LogP contribution is 2.56. The molecule has 0 bridgehead atoms. The minimum Gasteiger partial charge on any atom is -0.380 e. The quantitative estimate of drug-likeness (QED) is 0.657. The molecule has 17 heavy (non-hydrogen) atoms. The predicted molar refractivity (Wildman–Crippen MR) is 72.1 cm³/mol. The van der Waals surface area contributed by atoms with Gasteiger partial charge in [0.15, 0.2) is 0 Å². The van der Waals surface area contributed by atoms with Gasteiger partial charge in [0.1, 0.15) is 0 Å². The normalized spacial score (nSPS) is 33.2. The summed E-state index contributed by atoms with van der Waals surface area (Å²) >= 11 is 0. The van der Waals surface area contributed by atoms with Crippen molar-refractivity contribution >= 4 is 0 Å². The molecule has 0 aliphatic heterocycles. The first-order valence-electron chi connectivity index (χ1n) is 7.69. The molecule has 2 rings (SSSR count).